The molecule has 1 amide bonds. The number of amides is 1. The largest absolute Gasteiger partial charge is 0.340 e. The molecule has 0 unspecified atom stereocenters. The van der Waals surface area contributed by atoms with Crippen LogP contribution in [0.25, 0.3) is 0 Å². The second kappa shape index (κ2) is 8.17. The molecule has 0 spiro atoms. The molecule has 0 aromatic carbocycles. The van der Waals surface area contributed by atoms with Crippen molar-refractivity contribution < 1.29 is 13.6 Å². The first-order valence-corrected chi connectivity index (χ1v) is 8.93. The van der Waals surface area contributed by atoms with Crippen molar-refractivity contribution in [2.45, 2.75) is 19.4 Å². The fourth-order valence-corrected chi connectivity index (χ4v) is 3.32. The summed E-state index contributed by atoms with van der Waals surface area (Å²) in [6.07, 6.45) is 5.31. The Morgan fingerprint density at radius 3 is 3.04 bits per heavy atom. The summed E-state index contributed by atoms with van der Waals surface area (Å²) in [5.41, 5.74) is 1.30. The van der Waals surface area contributed by atoms with Crippen LogP contribution in [0.5, 0.6) is 0 Å². The van der Waals surface area contributed by atoms with Crippen molar-refractivity contribution in [1.82, 2.24) is 20.5 Å². The molecule has 0 radical (unpaired) electrons. The van der Waals surface area contributed by atoms with Crippen LogP contribution in [0.2, 0.25) is 0 Å². The second-order valence-corrected chi connectivity index (χ2v) is 6.61. The van der Waals surface area contributed by atoms with Crippen LogP contribution >= 0.6 is 11.3 Å². The van der Waals surface area contributed by atoms with Crippen LogP contribution in [-0.4, -0.2) is 53.5 Å². The lowest BCUT2D eigenvalue weighted by atomic mass is 10.1. The lowest BCUT2D eigenvalue weighted by molar-refractivity contribution is -0.127. The number of halogens is 2. The quantitative estimate of drug-likeness (QED) is 0.496. The molecule has 1 aromatic heterocycles. The van der Waals surface area contributed by atoms with Crippen molar-refractivity contribution in [2.24, 2.45) is 4.99 Å². The number of aromatic nitrogens is 1. The van der Waals surface area contributed by atoms with E-state index in [1.165, 1.54) is 17.4 Å². The molecule has 0 saturated carbocycles. The Bertz CT molecular complexity index is 772. The van der Waals surface area contributed by atoms with Gasteiger partial charge in [-0.15, -0.1) is 11.3 Å². The third kappa shape index (κ3) is 4.31. The molecule has 2 aliphatic rings. The molecule has 0 bridgehead atoms. The number of nitrogens with zero attached hydrogens (tertiary/aromatic N) is 3. The molecule has 26 heavy (non-hydrogen) atoms. The van der Waals surface area contributed by atoms with E-state index >= 15 is 0 Å². The zero-order chi connectivity index (χ0) is 18.5. The van der Waals surface area contributed by atoms with Crippen LogP contribution in [0.3, 0.4) is 0 Å². The van der Waals surface area contributed by atoms with Gasteiger partial charge in [-0.1, -0.05) is 0 Å². The molecular formula is C16H18F2N6OS. The Morgan fingerprint density at radius 1 is 1.54 bits per heavy atom. The summed E-state index contributed by atoms with van der Waals surface area (Å²) in [7, 11) is 0. The van der Waals surface area contributed by atoms with E-state index in [-0.39, 0.29) is 18.2 Å². The van der Waals surface area contributed by atoms with Crippen LogP contribution in [-0.2, 0) is 4.79 Å². The van der Waals surface area contributed by atoms with E-state index in [4.69, 9.17) is 5.41 Å². The molecule has 1 saturated heterocycles. The fourth-order valence-electron chi connectivity index (χ4n) is 2.72. The minimum absolute atomic E-state index is 0.0641. The minimum atomic E-state index is -2.69. The summed E-state index contributed by atoms with van der Waals surface area (Å²) in [5.74, 6) is 0.659. The van der Waals surface area contributed by atoms with Gasteiger partial charge in [-0.05, 0) is 12.5 Å². The Kier molecular flexibility index (Phi) is 5.71. The van der Waals surface area contributed by atoms with Crippen molar-refractivity contribution in [3.8, 4) is 0 Å². The number of alkyl halides is 2. The van der Waals surface area contributed by atoms with Crippen LogP contribution in [0.4, 0.5) is 8.78 Å². The normalized spacial score (nSPS) is 17.9. The van der Waals surface area contributed by atoms with Gasteiger partial charge in [0.05, 0.1) is 18.8 Å². The van der Waals surface area contributed by atoms with Crippen LogP contribution in [0.15, 0.2) is 40.1 Å². The molecule has 0 atom stereocenters. The van der Waals surface area contributed by atoms with E-state index in [2.05, 4.69) is 15.3 Å². The second-order valence-electron chi connectivity index (χ2n) is 5.72. The molecule has 0 aliphatic carbocycles. The summed E-state index contributed by atoms with van der Waals surface area (Å²) in [6.45, 7) is -1.47. The molecule has 138 valence electrons. The fraction of sp³-hybridized carbons (Fsp3) is 0.375. The van der Waals surface area contributed by atoms with E-state index < -0.39 is 6.55 Å². The van der Waals surface area contributed by atoms with Gasteiger partial charge in [-0.25, -0.2) is 4.98 Å². The van der Waals surface area contributed by atoms with Crippen molar-refractivity contribution in [1.29, 1.82) is 5.41 Å². The Balaban J connectivity index is 1.80. The summed E-state index contributed by atoms with van der Waals surface area (Å²) in [5, 5.41) is 15.7. The van der Waals surface area contributed by atoms with Crippen molar-refractivity contribution >= 4 is 28.8 Å². The number of thiazole rings is 1. The standard InChI is InChI=1S/C16H18F2N6OS/c17-16(18)21-4-3-11(19)10-8-22-14(15-20-5-7-26-15)23-12(10)9-24-6-1-2-13(24)25/h3-5,7,16,19,21H,1-2,6,8-9H2,(H,22,23)/b4-3-,19-11?. The predicted molar refractivity (Wildman–Crippen MR) is 95.5 cm³/mol. The zero-order valence-corrected chi connectivity index (χ0v) is 14.7. The number of aliphatic imine (C=N–C) groups is 1. The minimum Gasteiger partial charge on any atom is -0.340 e. The first-order chi connectivity index (χ1) is 12.5. The lowest BCUT2D eigenvalue weighted by Crippen LogP contribution is -2.38. The van der Waals surface area contributed by atoms with Gasteiger partial charge in [0.25, 0.3) is 0 Å². The number of hydrogen-bond donors (Lipinski definition) is 3. The molecular weight excluding hydrogens is 362 g/mol. The Hall–Kier alpha value is -2.62. The number of likely N-dealkylation sites (tertiary alicyclic amines) is 1. The highest BCUT2D eigenvalue weighted by atomic mass is 32.1. The van der Waals surface area contributed by atoms with Gasteiger partial charge < -0.3 is 20.9 Å². The van der Waals surface area contributed by atoms with Crippen LogP contribution in [0, 0.1) is 5.41 Å². The average molecular weight is 380 g/mol. The molecule has 3 heterocycles. The first kappa shape index (κ1) is 18.2. The average Bonchev–Trinajstić information content (AvgIpc) is 3.27. The Morgan fingerprint density at radius 2 is 2.38 bits per heavy atom. The van der Waals surface area contributed by atoms with Gasteiger partial charge in [-0.2, -0.15) is 8.78 Å². The van der Waals surface area contributed by atoms with E-state index in [0.29, 0.717) is 36.6 Å². The van der Waals surface area contributed by atoms with E-state index in [9.17, 15) is 13.6 Å². The number of carbonyl (C=O) groups excluding carboxylic acids is 1. The smallest absolute Gasteiger partial charge is 0.312 e. The number of rotatable bonds is 7. The zero-order valence-electron chi connectivity index (χ0n) is 13.8. The topological polar surface area (TPSA) is 93.5 Å². The van der Waals surface area contributed by atoms with Gasteiger partial charge in [0.2, 0.25) is 5.91 Å². The van der Waals surface area contributed by atoms with E-state index in [1.54, 1.807) is 11.1 Å². The summed E-state index contributed by atoms with van der Waals surface area (Å²) >= 11 is 1.43. The van der Waals surface area contributed by atoms with Gasteiger partial charge >= 0.3 is 6.55 Å². The van der Waals surface area contributed by atoms with Gasteiger partial charge in [0.15, 0.2) is 10.8 Å². The number of hydrogen-bond acceptors (Lipinski definition) is 7. The highest BCUT2D eigenvalue weighted by Gasteiger charge is 2.26. The number of amidine groups is 1. The predicted octanol–water partition coefficient (Wildman–Crippen LogP) is 1.72. The monoisotopic (exact) mass is 380 g/mol. The maximum atomic E-state index is 12.2. The van der Waals surface area contributed by atoms with Gasteiger partial charge in [0, 0.05) is 42.0 Å². The molecule has 10 heteroatoms. The summed E-state index contributed by atoms with van der Waals surface area (Å²) in [6, 6.07) is 0. The number of allylic oxidation sites excluding steroid dienone is 1. The molecule has 7 nitrogen and oxygen atoms in total. The van der Waals surface area contributed by atoms with E-state index in [1.807, 2.05) is 10.7 Å². The third-order valence-corrected chi connectivity index (χ3v) is 4.76. The van der Waals surface area contributed by atoms with Crippen molar-refractivity contribution in [3.63, 3.8) is 0 Å². The maximum Gasteiger partial charge on any atom is 0.312 e. The summed E-state index contributed by atoms with van der Waals surface area (Å²) < 4.78 is 24.4. The number of nitrogens with one attached hydrogen (secondary N) is 3. The number of carbonyl (C=O) groups is 1. The molecule has 3 rings (SSSR count). The maximum absolute atomic E-state index is 12.2. The summed E-state index contributed by atoms with van der Waals surface area (Å²) in [4.78, 5) is 22.3. The lowest BCUT2D eigenvalue weighted by Gasteiger charge is -2.25. The highest BCUT2D eigenvalue weighted by Crippen LogP contribution is 2.18. The third-order valence-electron chi connectivity index (χ3n) is 3.98. The van der Waals surface area contributed by atoms with E-state index in [0.717, 1.165) is 17.6 Å². The van der Waals surface area contributed by atoms with Crippen LogP contribution < -0.4 is 10.6 Å². The molecule has 2 aliphatic heterocycles. The first-order valence-electron chi connectivity index (χ1n) is 8.05. The molecule has 3 N–H and O–H groups in total. The van der Waals surface area contributed by atoms with Gasteiger partial charge in [0.1, 0.15) is 0 Å². The van der Waals surface area contributed by atoms with Crippen molar-refractivity contribution in [3.05, 3.63) is 40.1 Å². The van der Waals surface area contributed by atoms with Crippen molar-refractivity contribution in [2.75, 3.05) is 19.6 Å². The highest BCUT2D eigenvalue weighted by molar-refractivity contribution is 7.11. The SMILES string of the molecule is N=C(/C=C\NC(F)F)C1=C(CN2CCCC2=O)NC(c2nccs2)=NC1. The molecule has 1 aromatic rings. The molecule has 1 fully saturated rings. The Labute approximate surface area is 153 Å². The van der Waals surface area contributed by atoms with Crippen LogP contribution in [0.1, 0.15) is 17.8 Å². The van der Waals surface area contributed by atoms with Gasteiger partial charge in [-0.3, -0.25) is 9.79 Å².